The van der Waals surface area contributed by atoms with Gasteiger partial charge in [-0.05, 0) is 55.0 Å². The predicted molar refractivity (Wildman–Crippen MR) is 79.4 cm³/mol. The molecule has 3 nitrogen and oxygen atoms in total. The van der Waals surface area contributed by atoms with Gasteiger partial charge in [0.1, 0.15) is 0 Å². The summed E-state index contributed by atoms with van der Waals surface area (Å²) < 4.78 is 5.73. The third-order valence-corrected chi connectivity index (χ3v) is 3.26. The van der Waals surface area contributed by atoms with Gasteiger partial charge in [-0.3, -0.25) is 4.79 Å². The number of hydrogen-bond donors (Lipinski definition) is 1. The lowest BCUT2D eigenvalue weighted by Gasteiger charge is -2.06. The normalized spacial score (nSPS) is 9.83. The molecule has 0 aliphatic heterocycles. The smallest absolute Gasteiger partial charge is 0.224 e. The van der Waals surface area contributed by atoms with Gasteiger partial charge in [-0.25, -0.2) is 0 Å². The van der Waals surface area contributed by atoms with Crippen molar-refractivity contribution in [3.63, 3.8) is 0 Å². The van der Waals surface area contributed by atoms with E-state index in [0.29, 0.717) is 17.5 Å². The van der Waals surface area contributed by atoms with Crippen LogP contribution in [0.25, 0.3) is 0 Å². The Labute approximate surface area is 118 Å². The maximum absolute atomic E-state index is 10.5. The highest BCUT2D eigenvalue weighted by Crippen LogP contribution is 2.20. The Morgan fingerprint density at radius 1 is 1.44 bits per heavy atom. The minimum Gasteiger partial charge on any atom is -0.479 e. The number of nitrogens with one attached hydrogen (secondary N) is 1. The summed E-state index contributed by atoms with van der Waals surface area (Å²) in [5, 5.41) is 2.55. The molecular weight excluding hydrogens is 265 g/mol. The summed E-state index contributed by atoms with van der Waals surface area (Å²) in [6.45, 7) is 3.03. The number of ether oxygens (including phenoxy) is 1. The van der Waals surface area contributed by atoms with Gasteiger partial charge in [0.25, 0.3) is 0 Å². The third-order valence-electron chi connectivity index (χ3n) is 2.10. The molecule has 0 bridgehead atoms. The number of carbonyl (C=O) groups excluding carboxylic acids is 1. The van der Waals surface area contributed by atoms with E-state index in [0.717, 1.165) is 16.9 Å². The summed E-state index contributed by atoms with van der Waals surface area (Å²) in [4.78, 5) is 11.5. The van der Waals surface area contributed by atoms with Gasteiger partial charge in [-0.15, -0.1) is 0 Å². The van der Waals surface area contributed by atoms with Crippen molar-refractivity contribution in [2.75, 3.05) is 13.2 Å². The SMILES string of the molecule is [B]C(=O)NCCc1ccc(SC(=S)OCC)cc1. The van der Waals surface area contributed by atoms with Gasteiger partial charge in [0.15, 0.2) is 13.7 Å². The fourth-order valence-electron chi connectivity index (χ4n) is 1.30. The van der Waals surface area contributed by atoms with Crippen LogP contribution in [0.5, 0.6) is 0 Å². The Balaban J connectivity index is 2.42. The molecule has 1 amide bonds. The van der Waals surface area contributed by atoms with E-state index in [9.17, 15) is 4.79 Å². The Kier molecular flexibility index (Phi) is 6.82. The van der Waals surface area contributed by atoms with Crippen LogP contribution in [0.2, 0.25) is 0 Å². The highest BCUT2D eigenvalue weighted by Gasteiger charge is 2.01. The second-order valence-corrected chi connectivity index (χ2v) is 5.15. The Bertz CT molecular complexity index is 409. The van der Waals surface area contributed by atoms with Gasteiger partial charge in [0, 0.05) is 11.4 Å². The summed E-state index contributed by atoms with van der Waals surface area (Å²) in [5.41, 5.74) is 1.13. The monoisotopic (exact) mass is 279 g/mol. The first-order valence-electron chi connectivity index (χ1n) is 5.58. The number of hydrogen-bond acceptors (Lipinski definition) is 4. The van der Waals surface area contributed by atoms with Crippen LogP contribution in [-0.2, 0) is 11.2 Å². The second kappa shape index (κ2) is 8.16. The molecule has 1 rings (SSSR count). The van der Waals surface area contributed by atoms with E-state index in [-0.39, 0.29) is 0 Å². The highest BCUT2D eigenvalue weighted by atomic mass is 32.2. The molecule has 94 valence electrons. The van der Waals surface area contributed by atoms with Crippen LogP contribution >= 0.6 is 24.0 Å². The molecule has 18 heavy (non-hydrogen) atoms. The predicted octanol–water partition coefficient (Wildman–Crippen LogP) is 2.52. The largest absolute Gasteiger partial charge is 0.479 e. The van der Waals surface area contributed by atoms with E-state index < -0.39 is 5.81 Å². The van der Waals surface area contributed by atoms with E-state index in [2.05, 4.69) is 5.32 Å². The molecule has 1 aromatic carbocycles. The Hall–Kier alpha value is -1.01. The van der Waals surface area contributed by atoms with Gasteiger partial charge >= 0.3 is 0 Å². The van der Waals surface area contributed by atoms with Crippen molar-refractivity contribution in [3.8, 4) is 0 Å². The summed E-state index contributed by atoms with van der Waals surface area (Å²) in [6, 6.07) is 7.96. The molecule has 0 aliphatic rings. The topological polar surface area (TPSA) is 38.3 Å². The number of thioether (sulfide) groups is 1. The summed E-state index contributed by atoms with van der Waals surface area (Å²) in [5.74, 6) is -0.496. The minimum atomic E-state index is -0.496. The molecule has 6 heteroatoms. The summed E-state index contributed by atoms with van der Waals surface area (Å²) >= 11 is 6.47. The van der Waals surface area contributed by atoms with Gasteiger partial charge < -0.3 is 10.1 Å². The van der Waals surface area contributed by atoms with Crippen molar-refractivity contribution >= 4 is 42.0 Å². The van der Waals surface area contributed by atoms with E-state index in [1.54, 1.807) is 0 Å². The molecule has 0 saturated carbocycles. The standard InChI is InChI=1S/C12H14BNO2S2/c1-2-16-12(17)18-10-5-3-9(4-6-10)7-8-14-11(13)15/h3-6H,2,7-8H2,1H3,(H,14,15). The molecule has 0 unspecified atom stereocenters. The molecule has 1 N–H and O–H groups in total. The fourth-order valence-corrected chi connectivity index (χ4v) is 2.35. The number of rotatable bonds is 5. The zero-order valence-electron chi connectivity index (χ0n) is 10.1. The lowest BCUT2D eigenvalue weighted by Crippen LogP contribution is -2.23. The van der Waals surface area contributed by atoms with Gasteiger partial charge in [0.2, 0.25) is 4.38 Å². The van der Waals surface area contributed by atoms with Gasteiger partial charge in [0.05, 0.1) is 6.61 Å². The van der Waals surface area contributed by atoms with Crippen LogP contribution in [0, 0.1) is 0 Å². The first-order chi connectivity index (χ1) is 8.61. The van der Waals surface area contributed by atoms with Crippen molar-refractivity contribution in [2.24, 2.45) is 0 Å². The van der Waals surface area contributed by atoms with E-state index >= 15 is 0 Å². The molecule has 0 spiro atoms. The number of amides is 1. The van der Waals surface area contributed by atoms with E-state index in [4.69, 9.17) is 24.8 Å². The molecule has 2 radical (unpaired) electrons. The van der Waals surface area contributed by atoms with Crippen molar-refractivity contribution in [1.82, 2.24) is 5.32 Å². The summed E-state index contributed by atoms with van der Waals surface area (Å²) in [7, 11) is 4.98. The average Bonchev–Trinajstić information content (AvgIpc) is 2.31. The minimum absolute atomic E-state index is 0.496. The van der Waals surface area contributed by atoms with Crippen molar-refractivity contribution in [3.05, 3.63) is 29.8 Å². The van der Waals surface area contributed by atoms with Crippen LogP contribution in [0.4, 0.5) is 4.79 Å². The van der Waals surface area contributed by atoms with Crippen LogP contribution in [0.15, 0.2) is 29.2 Å². The molecule has 0 aliphatic carbocycles. The first kappa shape index (κ1) is 15.1. The Morgan fingerprint density at radius 2 is 2.11 bits per heavy atom. The zero-order chi connectivity index (χ0) is 13.4. The van der Waals surface area contributed by atoms with Crippen LogP contribution in [0.1, 0.15) is 12.5 Å². The third kappa shape index (κ3) is 6.07. The van der Waals surface area contributed by atoms with Gasteiger partial charge in [-0.2, -0.15) is 0 Å². The number of carbonyl (C=O) groups is 1. The lowest BCUT2D eigenvalue weighted by atomic mass is 10.1. The fraction of sp³-hybridized carbons (Fsp3) is 0.333. The quantitative estimate of drug-likeness (QED) is 0.510. The number of thiocarbonyl (C=S) groups is 1. The molecule has 1 aromatic rings. The molecule has 0 saturated heterocycles. The van der Waals surface area contributed by atoms with Gasteiger partial charge in [-0.1, -0.05) is 12.1 Å². The average molecular weight is 279 g/mol. The maximum Gasteiger partial charge on any atom is 0.224 e. The van der Waals surface area contributed by atoms with Crippen molar-refractivity contribution in [1.29, 1.82) is 0 Å². The lowest BCUT2D eigenvalue weighted by molar-refractivity contribution is 0.259. The van der Waals surface area contributed by atoms with Crippen molar-refractivity contribution in [2.45, 2.75) is 18.2 Å². The first-order valence-corrected chi connectivity index (χ1v) is 6.81. The second-order valence-electron chi connectivity index (χ2n) is 3.47. The summed E-state index contributed by atoms with van der Waals surface area (Å²) in [6.07, 6.45) is 0.754. The van der Waals surface area contributed by atoms with Crippen LogP contribution < -0.4 is 5.32 Å². The van der Waals surface area contributed by atoms with E-state index in [1.165, 1.54) is 11.8 Å². The zero-order valence-corrected chi connectivity index (χ0v) is 11.8. The molecule has 0 fully saturated rings. The molecular formula is C12H14BNO2S2. The Morgan fingerprint density at radius 3 is 2.67 bits per heavy atom. The van der Waals surface area contributed by atoms with Crippen LogP contribution in [0.3, 0.4) is 0 Å². The highest BCUT2D eigenvalue weighted by molar-refractivity contribution is 8.22. The molecule has 0 atom stereocenters. The van der Waals surface area contributed by atoms with Crippen molar-refractivity contribution < 1.29 is 9.53 Å². The number of benzene rings is 1. The van der Waals surface area contributed by atoms with Crippen LogP contribution in [-0.4, -0.2) is 31.2 Å². The van der Waals surface area contributed by atoms with E-state index in [1.807, 2.05) is 31.2 Å². The maximum atomic E-state index is 10.5. The molecule has 0 heterocycles. The molecule has 0 aromatic heterocycles.